The molecule has 0 radical (unpaired) electrons. The van der Waals surface area contributed by atoms with E-state index in [1.807, 2.05) is 0 Å². The molecule has 0 fully saturated rings. The number of thiol groups is 1. The molecule has 0 aliphatic heterocycles. The molecule has 0 saturated carbocycles. The number of nitrogens with zero attached hydrogens (tertiary/aromatic N) is 1. The number of carbonyl (C=O) groups is 2. The lowest BCUT2D eigenvalue weighted by molar-refractivity contribution is 0.102. The molecule has 0 saturated heterocycles. The zero-order valence-corrected chi connectivity index (χ0v) is 19.5. The van der Waals surface area contributed by atoms with Crippen LogP contribution in [-0.4, -0.2) is 26.6 Å². The molecule has 0 heterocycles. The largest absolute Gasteiger partial charge is 0.336 e. The van der Waals surface area contributed by atoms with Crippen molar-refractivity contribution < 1.29 is 22.4 Å². The normalized spacial score (nSPS) is 10.9. The highest BCUT2D eigenvalue weighted by molar-refractivity contribution is 7.92. The van der Waals surface area contributed by atoms with Crippen molar-refractivity contribution in [2.24, 2.45) is 0 Å². The molecule has 3 amide bonds. The maximum Gasteiger partial charge on any atom is 0.336 e. The highest BCUT2D eigenvalue weighted by Gasteiger charge is 2.15. The summed E-state index contributed by atoms with van der Waals surface area (Å²) in [6, 6.07) is 15.4. The topological polar surface area (TPSA) is 108 Å². The number of halogens is 2. The molecule has 3 aromatic carbocycles. The summed E-state index contributed by atoms with van der Waals surface area (Å²) in [6.45, 7) is 0. The maximum atomic E-state index is 13.7. The number of benzene rings is 3. The van der Waals surface area contributed by atoms with Gasteiger partial charge in [-0.05, 0) is 54.6 Å². The van der Waals surface area contributed by atoms with Crippen LogP contribution in [0.1, 0.15) is 10.4 Å². The molecule has 0 aliphatic carbocycles. The van der Waals surface area contributed by atoms with Gasteiger partial charge in [0.15, 0.2) is 0 Å². The Kier molecular flexibility index (Phi) is 7.46. The monoisotopic (exact) mass is 508 g/mol. The van der Waals surface area contributed by atoms with E-state index in [-0.39, 0.29) is 16.3 Å². The first-order valence-electron chi connectivity index (χ1n) is 9.27. The lowest BCUT2D eigenvalue weighted by Gasteiger charge is -2.17. The Balaban J connectivity index is 1.64. The van der Waals surface area contributed by atoms with Crippen molar-refractivity contribution in [2.45, 2.75) is 0 Å². The molecule has 0 atom stereocenters. The van der Waals surface area contributed by atoms with Gasteiger partial charge in [-0.2, -0.15) is 0 Å². The number of amides is 3. The van der Waals surface area contributed by atoms with Crippen LogP contribution in [-0.2, 0) is 10.0 Å². The average Bonchev–Trinajstić information content (AvgIpc) is 2.75. The molecule has 8 nitrogen and oxygen atoms in total. The van der Waals surface area contributed by atoms with Crippen molar-refractivity contribution in [1.82, 2.24) is 0 Å². The fourth-order valence-electron chi connectivity index (χ4n) is 2.70. The lowest BCUT2D eigenvalue weighted by Crippen LogP contribution is -2.26. The van der Waals surface area contributed by atoms with Crippen molar-refractivity contribution >= 4 is 69.1 Å². The Labute approximate surface area is 200 Å². The van der Waals surface area contributed by atoms with Gasteiger partial charge < -0.3 is 10.6 Å². The quantitative estimate of drug-likeness (QED) is 0.352. The van der Waals surface area contributed by atoms with E-state index in [2.05, 4.69) is 28.2 Å². The van der Waals surface area contributed by atoms with Gasteiger partial charge in [-0.15, -0.1) is 0 Å². The van der Waals surface area contributed by atoms with Crippen molar-refractivity contribution in [3.05, 3.63) is 83.1 Å². The molecule has 0 aliphatic rings. The molecule has 0 spiro atoms. The predicted molar refractivity (Wildman–Crippen MR) is 131 cm³/mol. The fourth-order valence-corrected chi connectivity index (χ4v) is 3.74. The van der Waals surface area contributed by atoms with E-state index in [0.29, 0.717) is 17.1 Å². The van der Waals surface area contributed by atoms with E-state index in [9.17, 15) is 22.4 Å². The first kappa shape index (κ1) is 24.4. The summed E-state index contributed by atoms with van der Waals surface area (Å²) in [6.07, 6.45) is 0.994. The third-order valence-electron chi connectivity index (χ3n) is 4.20. The van der Waals surface area contributed by atoms with Crippen LogP contribution in [0, 0.1) is 5.82 Å². The van der Waals surface area contributed by atoms with Crippen LogP contribution < -0.4 is 19.7 Å². The smallest absolute Gasteiger partial charge is 0.322 e. The second-order valence-corrected chi connectivity index (χ2v) is 9.35. The molecule has 172 valence electrons. The van der Waals surface area contributed by atoms with E-state index >= 15 is 0 Å². The predicted octanol–water partition coefficient (Wildman–Crippen LogP) is 4.99. The van der Waals surface area contributed by atoms with Crippen molar-refractivity contribution in [1.29, 1.82) is 0 Å². The number of nitrogens with one attached hydrogen (secondary N) is 3. The van der Waals surface area contributed by atoms with Crippen molar-refractivity contribution in [3.63, 3.8) is 0 Å². The average molecular weight is 509 g/mol. The van der Waals surface area contributed by atoms with Gasteiger partial charge in [-0.25, -0.2) is 21.9 Å². The minimum atomic E-state index is -3.50. The van der Waals surface area contributed by atoms with Gasteiger partial charge in [0.05, 0.1) is 28.2 Å². The van der Waals surface area contributed by atoms with Gasteiger partial charge in [0, 0.05) is 11.4 Å². The second-order valence-electron chi connectivity index (χ2n) is 6.79. The number of hydrogen-bond acceptors (Lipinski definition) is 5. The van der Waals surface area contributed by atoms with Crippen LogP contribution in [0.5, 0.6) is 0 Å². The minimum absolute atomic E-state index is 0.0896. The highest BCUT2D eigenvalue weighted by Crippen LogP contribution is 2.27. The highest BCUT2D eigenvalue weighted by atomic mass is 35.5. The van der Waals surface area contributed by atoms with Crippen molar-refractivity contribution in [2.75, 3.05) is 25.9 Å². The number of rotatable bonds is 6. The maximum absolute atomic E-state index is 13.7. The molecule has 3 rings (SSSR count). The van der Waals surface area contributed by atoms with Crippen molar-refractivity contribution in [3.8, 4) is 0 Å². The third kappa shape index (κ3) is 6.60. The molecule has 0 unspecified atom stereocenters. The Hall–Kier alpha value is -3.28. The minimum Gasteiger partial charge on any atom is -0.322 e. The van der Waals surface area contributed by atoms with Crippen LogP contribution in [0.25, 0.3) is 0 Å². The zero-order valence-electron chi connectivity index (χ0n) is 17.0. The van der Waals surface area contributed by atoms with E-state index in [0.717, 1.165) is 10.6 Å². The fraction of sp³-hybridized carbons (Fsp3) is 0.0476. The summed E-state index contributed by atoms with van der Waals surface area (Å²) >= 11 is 10.2. The first-order chi connectivity index (χ1) is 15.5. The van der Waals surface area contributed by atoms with Crippen LogP contribution in [0.4, 0.5) is 31.9 Å². The van der Waals surface area contributed by atoms with Gasteiger partial charge in [0.25, 0.3) is 5.91 Å². The van der Waals surface area contributed by atoms with Gasteiger partial charge in [0.2, 0.25) is 10.0 Å². The Morgan fingerprint density at radius 1 is 0.970 bits per heavy atom. The molecular weight excluding hydrogens is 491 g/mol. The molecular formula is C21H18ClFN4O4S2. The molecule has 3 aromatic rings. The van der Waals surface area contributed by atoms with Gasteiger partial charge >= 0.3 is 6.03 Å². The number of urea groups is 1. The molecule has 0 aromatic heterocycles. The lowest BCUT2D eigenvalue weighted by atomic mass is 10.2. The van der Waals surface area contributed by atoms with Gasteiger partial charge in [0.1, 0.15) is 5.82 Å². The number of hydrogen-bond donors (Lipinski definition) is 4. The van der Waals surface area contributed by atoms with Gasteiger partial charge in [-0.1, -0.05) is 36.5 Å². The molecule has 12 heteroatoms. The molecule has 33 heavy (non-hydrogen) atoms. The first-order valence-corrected chi connectivity index (χ1v) is 11.9. The molecule has 3 N–H and O–H groups in total. The van der Waals surface area contributed by atoms with E-state index in [4.69, 9.17) is 11.6 Å². The van der Waals surface area contributed by atoms with Crippen LogP contribution >= 0.6 is 24.4 Å². The summed E-state index contributed by atoms with van der Waals surface area (Å²) in [5.41, 5.74) is 1.19. The number of sulfonamides is 1. The third-order valence-corrected chi connectivity index (χ3v) is 5.51. The second kappa shape index (κ2) is 10.1. The SMILES string of the molecule is CS(=O)(=O)Nc1ccc(NC(=O)N(S)c2ccc(NC(=O)c3ccccc3F)cc2)cc1Cl. The summed E-state index contributed by atoms with van der Waals surface area (Å²) in [5, 5.41) is 5.25. The van der Waals surface area contributed by atoms with Crippen LogP contribution in [0.15, 0.2) is 66.7 Å². The van der Waals surface area contributed by atoms with Gasteiger partial charge in [-0.3, -0.25) is 9.52 Å². The number of anilines is 4. The van der Waals surface area contributed by atoms with Crippen LogP contribution in [0.2, 0.25) is 5.02 Å². The summed E-state index contributed by atoms with van der Waals surface area (Å²) in [4.78, 5) is 24.7. The summed E-state index contributed by atoms with van der Waals surface area (Å²) in [5.74, 6) is -1.24. The zero-order chi connectivity index (χ0) is 24.2. The summed E-state index contributed by atoms with van der Waals surface area (Å²) in [7, 11) is -3.50. The van der Waals surface area contributed by atoms with E-state index < -0.39 is 27.8 Å². The van der Waals surface area contributed by atoms with E-state index in [1.165, 1.54) is 60.7 Å². The standard InChI is InChI=1S/C21H18ClFN4O4S2/c1-33(30,31)26-19-11-8-14(12-17(19)22)25-21(29)27(32)15-9-6-13(7-10-15)24-20(28)16-4-2-3-5-18(16)23/h2-12,26,32H,1H3,(H,24,28)(H,25,29). The number of carbonyl (C=O) groups excluding carboxylic acids is 2. The Morgan fingerprint density at radius 2 is 1.61 bits per heavy atom. The molecule has 0 bridgehead atoms. The van der Waals surface area contributed by atoms with E-state index in [1.54, 1.807) is 6.07 Å². The van der Waals surface area contributed by atoms with Crippen LogP contribution in [0.3, 0.4) is 0 Å². The Bertz CT molecular complexity index is 1300. The Morgan fingerprint density at radius 3 is 2.21 bits per heavy atom. The summed E-state index contributed by atoms with van der Waals surface area (Å²) < 4.78 is 39.7.